The number of aryl methyl sites for hydroxylation is 1. The first-order valence-corrected chi connectivity index (χ1v) is 6.79. The van der Waals surface area contributed by atoms with Crippen LogP contribution in [0.5, 0.6) is 0 Å². The summed E-state index contributed by atoms with van der Waals surface area (Å²) in [5.74, 6) is 0.959. The third-order valence-corrected chi connectivity index (χ3v) is 4.14. The maximum atomic E-state index is 9.61. The molecule has 5 nitrogen and oxygen atoms in total. The second-order valence-electron chi connectivity index (χ2n) is 5.67. The number of aliphatic hydroxyl groups excluding tert-OH is 1. The van der Waals surface area contributed by atoms with Crippen molar-refractivity contribution in [2.24, 2.45) is 5.41 Å². The summed E-state index contributed by atoms with van der Waals surface area (Å²) in [6.45, 7) is 5.17. The standard InChI is InChI=1S/C13H24N4O/c1-12-15-14-11-17(12)8-7-16(2)9-13(10-18)5-3-4-6-13/h11,18H,3-10H2,1-2H3. The van der Waals surface area contributed by atoms with Crippen LogP contribution in [-0.2, 0) is 6.54 Å². The van der Waals surface area contributed by atoms with E-state index in [4.69, 9.17) is 0 Å². The molecule has 1 aliphatic carbocycles. The first kappa shape index (κ1) is 13.5. The molecule has 0 radical (unpaired) electrons. The van der Waals surface area contributed by atoms with Crippen LogP contribution >= 0.6 is 0 Å². The van der Waals surface area contributed by atoms with Gasteiger partial charge < -0.3 is 14.6 Å². The number of hydrogen-bond donors (Lipinski definition) is 1. The lowest BCUT2D eigenvalue weighted by Gasteiger charge is -2.31. The molecule has 1 heterocycles. The molecule has 0 saturated heterocycles. The van der Waals surface area contributed by atoms with E-state index in [0.29, 0.717) is 6.61 Å². The molecule has 1 saturated carbocycles. The fourth-order valence-corrected chi connectivity index (χ4v) is 2.95. The average Bonchev–Trinajstić information content (AvgIpc) is 2.97. The molecule has 1 fully saturated rings. The summed E-state index contributed by atoms with van der Waals surface area (Å²) in [7, 11) is 2.13. The number of aromatic nitrogens is 3. The van der Waals surface area contributed by atoms with Gasteiger partial charge in [-0.1, -0.05) is 12.8 Å². The Morgan fingerprint density at radius 1 is 1.44 bits per heavy atom. The molecule has 0 aromatic carbocycles. The molecule has 102 valence electrons. The van der Waals surface area contributed by atoms with Crippen molar-refractivity contribution < 1.29 is 5.11 Å². The molecule has 0 bridgehead atoms. The van der Waals surface area contributed by atoms with Crippen LogP contribution in [0, 0.1) is 12.3 Å². The Bertz CT molecular complexity index is 371. The maximum absolute atomic E-state index is 9.61. The third kappa shape index (κ3) is 3.09. The van der Waals surface area contributed by atoms with Crippen molar-refractivity contribution in [2.75, 3.05) is 26.7 Å². The topological polar surface area (TPSA) is 54.2 Å². The summed E-state index contributed by atoms with van der Waals surface area (Å²) in [6.07, 6.45) is 6.64. The summed E-state index contributed by atoms with van der Waals surface area (Å²) >= 11 is 0. The fourth-order valence-electron chi connectivity index (χ4n) is 2.95. The summed E-state index contributed by atoms with van der Waals surface area (Å²) in [5, 5.41) is 17.5. The monoisotopic (exact) mass is 252 g/mol. The second kappa shape index (κ2) is 5.80. The Labute approximate surface area is 109 Å². The van der Waals surface area contributed by atoms with Gasteiger partial charge in [-0.2, -0.15) is 0 Å². The van der Waals surface area contributed by atoms with Gasteiger partial charge in [0, 0.05) is 31.7 Å². The zero-order chi connectivity index (χ0) is 13.0. The Morgan fingerprint density at radius 2 is 2.17 bits per heavy atom. The summed E-state index contributed by atoms with van der Waals surface area (Å²) in [4.78, 5) is 2.32. The molecule has 0 amide bonds. The van der Waals surface area contributed by atoms with E-state index in [9.17, 15) is 5.11 Å². The highest BCUT2D eigenvalue weighted by Gasteiger charge is 2.33. The van der Waals surface area contributed by atoms with Crippen LogP contribution in [0.25, 0.3) is 0 Å². The Morgan fingerprint density at radius 3 is 2.72 bits per heavy atom. The quantitative estimate of drug-likeness (QED) is 0.823. The molecule has 18 heavy (non-hydrogen) atoms. The minimum atomic E-state index is 0.150. The second-order valence-corrected chi connectivity index (χ2v) is 5.67. The molecule has 0 aliphatic heterocycles. The van der Waals surface area contributed by atoms with E-state index >= 15 is 0 Å². The Hall–Kier alpha value is -0.940. The first-order chi connectivity index (χ1) is 8.65. The van der Waals surface area contributed by atoms with Crippen molar-refractivity contribution in [3.63, 3.8) is 0 Å². The van der Waals surface area contributed by atoms with Gasteiger partial charge in [0.2, 0.25) is 0 Å². The van der Waals surface area contributed by atoms with Crippen LogP contribution in [0.15, 0.2) is 6.33 Å². The van der Waals surface area contributed by atoms with Crippen molar-refractivity contribution in [1.29, 1.82) is 0 Å². The minimum Gasteiger partial charge on any atom is -0.396 e. The van der Waals surface area contributed by atoms with Crippen LogP contribution in [0.4, 0.5) is 0 Å². The molecule has 1 aromatic heterocycles. The van der Waals surface area contributed by atoms with Crippen LogP contribution in [0.2, 0.25) is 0 Å². The van der Waals surface area contributed by atoms with Gasteiger partial charge in [-0.3, -0.25) is 0 Å². The SMILES string of the molecule is Cc1nncn1CCN(C)CC1(CO)CCCC1. The van der Waals surface area contributed by atoms with Gasteiger partial charge in [-0.05, 0) is 26.8 Å². The molecule has 2 rings (SSSR count). The highest BCUT2D eigenvalue weighted by Crippen LogP contribution is 2.38. The van der Waals surface area contributed by atoms with E-state index in [0.717, 1.165) is 25.5 Å². The number of nitrogens with zero attached hydrogens (tertiary/aromatic N) is 4. The van der Waals surface area contributed by atoms with Crippen LogP contribution in [0.1, 0.15) is 31.5 Å². The van der Waals surface area contributed by atoms with Crippen molar-refractivity contribution >= 4 is 0 Å². The third-order valence-electron chi connectivity index (χ3n) is 4.14. The van der Waals surface area contributed by atoms with Crippen LogP contribution in [-0.4, -0.2) is 51.5 Å². The molecule has 0 unspecified atom stereocenters. The zero-order valence-corrected chi connectivity index (χ0v) is 11.5. The van der Waals surface area contributed by atoms with Gasteiger partial charge in [0.05, 0.1) is 0 Å². The predicted octanol–water partition coefficient (Wildman–Crippen LogP) is 1.07. The van der Waals surface area contributed by atoms with E-state index < -0.39 is 0 Å². The van der Waals surface area contributed by atoms with Crippen molar-refractivity contribution in [2.45, 2.75) is 39.2 Å². The van der Waals surface area contributed by atoms with Gasteiger partial charge >= 0.3 is 0 Å². The van der Waals surface area contributed by atoms with Crippen molar-refractivity contribution in [1.82, 2.24) is 19.7 Å². The zero-order valence-electron chi connectivity index (χ0n) is 11.5. The number of aliphatic hydroxyl groups is 1. The highest BCUT2D eigenvalue weighted by atomic mass is 16.3. The van der Waals surface area contributed by atoms with E-state index in [1.807, 2.05) is 6.92 Å². The smallest absolute Gasteiger partial charge is 0.129 e. The van der Waals surface area contributed by atoms with E-state index in [1.165, 1.54) is 25.7 Å². The van der Waals surface area contributed by atoms with Gasteiger partial charge in [0.1, 0.15) is 12.2 Å². The normalized spacial score (nSPS) is 18.7. The summed E-state index contributed by atoms with van der Waals surface area (Å²) < 4.78 is 2.07. The highest BCUT2D eigenvalue weighted by molar-refractivity contribution is 4.87. The molecule has 0 spiro atoms. The van der Waals surface area contributed by atoms with Crippen molar-refractivity contribution in [3.05, 3.63) is 12.2 Å². The van der Waals surface area contributed by atoms with Crippen molar-refractivity contribution in [3.8, 4) is 0 Å². The van der Waals surface area contributed by atoms with Gasteiger partial charge in [0.15, 0.2) is 0 Å². The fraction of sp³-hybridized carbons (Fsp3) is 0.846. The van der Waals surface area contributed by atoms with Gasteiger partial charge in [0.25, 0.3) is 0 Å². The average molecular weight is 252 g/mol. The summed E-state index contributed by atoms with van der Waals surface area (Å²) in [5.41, 5.74) is 0.150. The van der Waals surface area contributed by atoms with Crippen LogP contribution in [0.3, 0.4) is 0 Å². The Balaban J connectivity index is 1.81. The maximum Gasteiger partial charge on any atom is 0.129 e. The van der Waals surface area contributed by atoms with Crippen LogP contribution < -0.4 is 0 Å². The molecule has 1 aromatic rings. The summed E-state index contributed by atoms with van der Waals surface area (Å²) in [6, 6.07) is 0. The minimum absolute atomic E-state index is 0.150. The van der Waals surface area contributed by atoms with Gasteiger partial charge in [-0.15, -0.1) is 10.2 Å². The Kier molecular flexibility index (Phi) is 4.35. The lowest BCUT2D eigenvalue weighted by atomic mass is 9.87. The number of rotatable bonds is 6. The van der Waals surface area contributed by atoms with E-state index in [-0.39, 0.29) is 5.41 Å². The number of hydrogen-bond acceptors (Lipinski definition) is 4. The molecule has 1 aliphatic rings. The van der Waals surface area contributed by atoms with E-state index in [1.54, 1.807) is 6.33 Å². The molecule has 0 atom stereocenters. The lowest BCUT2D eigenvalue weighted by molar-refractivity contribution is 0.0876. The molecule has 1 N–H and O–H groups in total. The first-order valence-electron chi connectivity index (χ1n) is 6.79. The number of likely N-dealkylation sites (N-methyl/N-ethyl adjacent to an activating group) is 1. The molecular formula is C13H24N4O. The largest absolute Gasteiger partial charge is 0.396 e. The molecular weight excluding hydrogens is 228 g/mol. The van der Waals surface area contributed by atoms with E-state index in [2.05, 4.69) is 26.7 Å². The van der Waals surface area contributed by atoms with Gasteiger partial charge in [-0.25, -0.2) is 0 Å². The lowest BCUT2D eigenvalue weighted by Crippen LogP contribution is -2.37. The molecule has 5 heteroatoms. The predicted molar refractivity (Wildman–Crippen MR) is 70.2 cm³/mol.